The van der Waals surface area contributed by atoms with Crippen molar-refractivity contribution in [1.82, 2.24) is 0 Å². The Morgan fingerprint density at radius 1 is 1.83 bits per heavy atom. The topological polar surface area (TPSA) is 17.1 Å². The van der Waals surface area contributed by atoms with Gasteiger partial charge in [0, 0.05) is 12.2 Å². The average molecular weight is 103 g/mol. The zero-order valence-corrected chi connectivity index (χ0v) is 4.55. The fraction of sp³-hybridized carbons (Fsp3) is 0.750. The van der Waals surface area contributed by atoms with E-state index in [0.29, 0.717) is 12.2 Å². The summed E-state index contributed by atoms with van der Waals surface area (Å²) < 4.78 is 0. The van der Waals surface area contributed by atoms with E-state index >= 15 is 0 Å². The molecule has 0 unspecified atom stereocenters. The highest BCUT2D eigenvalue weighted by Crippen LogP contribution is 1.82. The maximum Gasteiger partial charge on any atom is 0.130 e. The van der Waals surface area contributed by atoms with Crippen LogP contribution in [0.2, 0.25) is 0 Å². The lowest BCUT2D eigenvalue weighted by Gasteiger charge is -1.79. The van der Waals surface area contributed by atoms with Crippen molar-refractivity contribution in [1.29, 1.82) is 0 Å². The molecular weight excluding hydrogens is 96.1 g/mol. The molecule has 0 saturated heterocycles. The lowest BCUT2D eigenvalue weighted by Crippen LogP contribution is -1.87. The second-order valence-corrected chi connectivity index (χ2v) is 1.56. The molecule has 0 amide bonds. The first-order chi connectivity index (χ1) is 2.77. The number of carbonyl (C=O) groups is 1. The number of Topliss-reactive ketones (excluding diaryl/α,β-unsaturated/α-hetero) is 1. The molecule has 35 valence electrons. The Hall–Kier alpha value is 0.0200. The Bertz CT molecular complexity index is 51.5. The van der Waals surface area contributed by atoms with Crippen LogP contribution in [0.4, 0.5) is 0 Å². The average Bonchev–Trinajstić information content (AvgIpc) is 1.35. The van der Waals surface area contributed by atoms with E-state index in [2.05, 4.69) is 12.6 Å². The van der Waals surface area contributed by atoms with Gasteiger partial charge in [-0.2, -0.15) is 0 Å². The first kappa shape index (κ1) is 6.02. The van der Waals surface area contributed by atoms with Crippen LogP contribution in [0.25, 0.3) is 0 Å². The van der Waals surface area contributed by atoms with Crippen LogP contribution >= 0.6 is 12.6 Å². The van der Waals surface area contributed by atoms with Crippen molar-refractivity contribution in [3.05, 3.63) is 0 Å². The van der Waals surface area contributed by atoms with E-state index in [-0.39, 0.29) is 5.78 Å². The van der Waals surface area contributed by atoms with Gasteiger partial charge in [0.1, 0.15) is 5.78 Å². The molecule has 6 heavy (non-hydrogen) atoms. The van der Waals surface area contributed by atoms with Crippen LogP contribution in [-0.4, -0.2) is 11.5 Å². The van der Waals surface area contributed by atoms with Crippen molar-refractivity contribution < 1.29 is 4.79 Å². The summed E-state index contributed by atoms with van der Waals surface area (Å²) in [7, 11) is 0. The van der Waals surface area contributed by atoms with E-state index < -0.39 is 0 Å². The maximum absolute atomic E-state index is 9.98. The summed E-state index contributed by atoms with van der Waals surface area (Å²) >= 11 is 4.51. The standard InChI is InChI=1S/C4H7OS/c1-4(5)2-3-6/h2-3H2,1H3. The van der Waals surface area contributed by atoms with Crippen LogP contribution in [-0.2, 0) is 4.79 Å². The van der Waals surface area contributed by atoms with E-state index in [4.69, 9.17) is 0 Å². The van der Waals surface area contributed by atoms with Gasteiger partial charge in [-0.1, -0.05) is 12.6 Å². The summed E-state index contributed by atoms with van der Waals surface area (Å²) in [5.41, 5.74) is 0. The smallest absolute Gasteiger partial charge is 0.130 e. The molecule has 0 saturated carbocycles. The van der Waals surface area contributed by atoms with E-state index in [9.17, 15) is 4.79 Å². The van der Waals surface area contributed by atoms with Gasteiger partial charge in [0.15, 0.2) is 0 Å². The molecule has 0 aromatic rings. The largest absolute Gasteiger partial charge is 0.300 e. The second kappa shape index (κ2) is 3.22. The molecule has 0 rings (SSSR count). The lowest BCUT2D eigenvalue weighted by atomic mass is 10.4. The van der Waals surface area contributed by atoms with E-state index in [1.165, 1.54) is 0 Å². The van der Waals surface area contributed by atoms with E-state index in [1.54, 1.807) is 6.92 Å². The molecule has 1 nitrogen and oxygen atoms in total. The molecule has 0 fully saturated rings. The third-order valence-electron chi connectivity index (χ3n) is 0.454. The normalized spacial score (nSPS) is 8.33. The Balaban J connectivity index is 2.83. The quantitative estimate of drug-likeness (QED) is 0.512. The van der Waals surface area contributed by atoms with Crippen LogP contribution in [0.15, 0.2) is 0 Å². The van der Waals surface area contributed by atoms with E-state index in [1.807, 2.05) is 0 Å². The lowest BCUT2D eigenvalue weighted by molar-refractivity contribution is -0.116. The summed E-state index contributed by atoms with van der Waals surface area (Å²) in [6.45, 7) is 1.55. The molecule has 0 aromatic heterocycles. The Kier molecular flexibility index (Phi) is 3.23. The summed E-state index contributed by atoms with van der Waals surface area (Å²) in [6, 6.07) is 0. The third-order valence-corrected chi connectivity index (χ3v) is 0.658. The highest BCUT2D eigenvalue weighted by atomic mass is 32.1. The molecule has 0 heterocycles. The number of hydrogen-bond acceptors (Lipinski definition) is 1. The fourth-order valence-corrected chi connectivity index (χ4v) is 0.431. The zero-order chi connectivity index (χ0) is 4.99. The minimum atomic E-state index is 0.185. The fourth-order valence-electron chi connectivity index (χ4n) is 0.144. The Morgan fingerprint density at radius 2 is 2.33 bits per heavy atom. The molecule has 2 heteroatoms. The van der Waals surface area contributed by atoms with E-state index in [0.717, 1.165) is 0 Å². The van der Waals surface area contributed by atoms with Crippen molar-refractivity contribution in [2.75, 3.05) is 5.75 Å². The highest BCUT2D eigenvalue weighted by molar-refractivity contribution is 7.80. The molecule has 0 atom stereocenters. The molecule has 0 aliphatic carbocycles. The maximum atomic E-state index is 9.98. The van der Waals surface area contributed by atoms with Gasteiger partial charge in [-0.05, 0) is 6.92 Å². The first-order valence-electron chi connectivity index (χ1n) is 1.85. The second-order valence-electron chi connectivity index (χ2n) is 1.16. The van der Waals surface area contributed by atoms with Crippen molar-refractivity contribution >= 4 is 18.4 Å². The van der Waals surface area contributed by atoms with Crippen LogP contribution in [0.1, 0.15) is 13.3 Å². The van der Waals surface area contributed by atoms with Crippen molar-refractivity contribution in [3.63, 3.8) is 0 Å². The van der Waals surface area contributed by atoms with Crippen LogP contribution < -0.4 is 0 Å². The molecule has 0 aliphatic heterocycles. The molecule has 1 radical (unpaired) electrons. The molecule has 0 aromatic carbocycles. The minimum absolute atomic E-state index is 0.185. The molecular formula is C4H7OS. The van der Waals surface area contributed by atoms with Gasteiger partial charge >= 0.3 is 0 Å². The van der Waals surface area contributed by atoms with Crippen molar-refractivity contribution in [2.45, 2.75) is 13.3 Å². The molecule has 0 aliphatic rings. The number of rotatable bonds is 2. The molecule has 0 N–H and O–H groups in total. The predicted octanol–water partition coefficient (Wildman–Crippen LogP) is 1.16. The Labute approximate surface area is 43.2 Å². The zero-order valence-electron chi connectivity index (χ0n) is 3.73. The van der Waals surface area contributed by atoms with Gasteiger partial charge in [-0.25, -0.2) is 0 Å². The van der Waals surface area contributed by atoms with Crippen molar-refractivity contribution in [2.24, 2.45) is 0 Å². The minimum Gasteiger partial charge on any atom is -0.300 e. The summed E-state index contributed by atoms with van der Waals surface area (Å²) in [5.74, 6) is 0.750. The summed E-state index contributed by atoms with van der Waals surface area (Å²) in [6.07, 6.45) is 0.551. The van der Waals surface area contributed by atoms with Gasteiger partial charge < -0.3 is 0 Å². The van der Waals surface area contributed by atoms with Gasteiger partial charge in [0.05, 0.1) is 0 Å². The Morgan fingerprint density at radius 3 is 2.33 bits per heavy atom. The van der Waals surface area contributed by atoms with Crippen LogP contribution in [0, 0.1) is 0 Å². The monoisotopic (exact) mass is 103 g/mol. The van der Waals surface area contributed by atoms with Gasteiger partial charge in [-0.3, -0.25) is 4.79 Å². The summed E-state index contributed by atoms with van der Waals surface area (Å²) in [5, 5.41) is 0. The highest BCUT2D eigenvalue weighted by Gasteiger charge is 1.84. The third kappa shape index (κ3) is 4.02. The summed E-state index contributed by atoms with van der Waals surface area (Å²) in [4.78, 5) is 9.98. The SMILES string of the molecule is CC(=O)CC[S]. The van der Waals surface area contributed by atoms with Crippen LogP contribution in [0.3, 0.4) is 0 Å². The molecule has 0 bridgehead atoms. The molecule has 0 spiro atoms. The predicted molar refractivity (Wildman–Crippen MR) is 27.8 cm³/mol. The number of hydrogen-bond donors (Lipinski definition) is 0. The van der Waals surface area contributed by atoms with Crippen molar-refractivity contribution in [3.8, 4) is 0 Å². The van der Waals surface area contributed by atoms with Gasteiger partial charge in [0.25, 0.3) is 0 Å². The number of ketones is 1. The van der Waals surface area contributed by atoms with Crippen LogP contribution in [0.5, 0.6) is 0 Å². The van der Waals surface area contributed by atoms with Gasteiger partial charge in [0.2, 0.25) is 0 Å². The number of carbonyl (C=O) groups excluding carboxylic acids is 1. The first-order valence-corrected chi connectivity index (χ1v) is 2.42. The van der Waals surface area contributed by atoms with Gasteiger partial charge in [-0.15, -0.1) is 0 Å².